The maximum atomic E-state index is 11.0. The number of hydrogen-bond acceptors (Lipinski definition) is 4. The van der Waals surface area contributed by atoms with E-state index in [4.69, 9.17) is 0 Å². The fourth-order valence-electron chi connectivity index (χ4n) is 0.190. The van der Waals surface area contributed by atoms with Crippen LogP contribution >= 0.6 is 0 Å². The molecule has 0 aliphatic rings. The highest BCUT2D eigenvalue weighted by Gasteiger charge is 2.31. The van der Waals surface area contributed by atoms with Gasteiger partial charge in [0.15, 0.2) is 0 Å². The predicted octanol–water partition coefficient (Wildman–Crippen LogP) is 1.58. The lowest BCUT2D eigenvalue weighted by atomic mass is 11.4. The highest BCUT2D eigenvalue weighted by Crippen LogP contribution is 2.16. The monoisotopic (exact) mass is 198 g/mol. The average Bonchev–Trinajstić information content (AvgIpc) is 1.83. The summed E-state index contributed by atoms with van der Waals surface area (Å²) >= 11 is 0. The molecule has 0 spiro atoms. The van der Waals surface area contributed by atoms with E-state index in [9.17, 15) is 22.0 Å². The number of rotatable bonds is 5. The molecule has 0 aliphatic heterocycles. The molecular weight excluding hydrogens is 195 g/mol. The van der Waals surface area contributed by atoms with E-state index in [-0.39, 0.29) is 0 Å². The third-order valence-corrected chi connectivity index (χ3v) is 0.390. The summed E-state index contributed by atoms with van der Waals surface area (Å²) in [6.45, 7) is -4.47. The minimum atomic E-state index is -5.01. The Morgan fingerprint density at radius 1 is 1.08 bits per heavy atom. The number of hydrogen-bond donors (Lipinski definition) is 0. The van der Waals surface area contributed by atoms with Crippen LogP contribution in [0, 0.1) is 0 Å². The van der Waals surface area contributed by atoms with Crippen molar-refractivity contribution in [1.82, 2.24) is 0 Å². The van der Waals surface area contributed by atoms with E-state index in [1.165, 1.54) is 0 Å². The van der Waals surface area contributed by atoms with Gasteiger partial charge in [0.1, 0.15) is 0 Å². The summed E-state index contributed by atoms with van der Waals surface area (Å²) in [7, 11) is 0. The molecule has 0 radical (unpaired) electrons. The summed E-state index contributed by atoms with van der Waals surface area (Å²) in [5, 5.41) is 0. The molecule has 0 saturated heterocycles. The highest BCUT2D eigenvalue weighted by molar-refractivity contribution is 4.12. The van der Waals surface area contributed by atoms with Gasteiger partial charge >= 0.3 is 13.0 Å². The van der Waals surface area contributed by atoms with E-state index in [0.717, 1.165) is 0 Å². The number of alkyl halides is 5. The van der Waals surface area contributed by atoms with E-state index < -0.39 is 19.8 Å². The molecule has 9 heteroatoms. The summed E-state index contributed by atoms with van der Waals surface area (Å²) in [5.74, 6) is 0. The second-order valence-electron chi connectivity index (χ2n) is 1.24. The zero-order chi connectivity index (χ0) is 9.61. The van der Waals surface area contributed by atoms with E-state index in [0.29, 0.717) is 0 Å². The minimum Gasteiger partial charge on any atom is -0.199 e. The first-order chi connectivity index (χ1) is 5.42. The Labute approximate surface area is 62.6 Å². The van der Waals surface area contributed by atoms with Gasteiger partial charge in [0.2, 0.25) is 6.79 Å². The molecule has 0 atom stereocenters. The first-order valence-corrected chi connectivity index (χ1v) is 2.35. The lowest BCUT2D eigenvalue weighted by molar-refractivity contribution is -0.529. The van der Waals surface area contributed by atoms with E-state index >= 15 is 0 Å². The van der Waals surface area contributed by atoms with Crippen LogP contribution in [0.1, 0.15) is 0 Å². The van der Waals surface area contributed by atoms with Gasteiger partial charge in [0, 0.05) is 0 Å². The maximum absolute atomic E-state index is 11.0. The summed E-state index contributed by atoms with van der Waals surface area (Å²) in [5.41, 5.74) is 0. The second kappa shape index (κ2) is 5.19. The SMILES string of the molecule is FC(F)OOCOOC(F)(F)F. The average molecular weight is 198 g/mol. The van der Waals surface area contributed by atoms with Gasteiger partial charge in [-0.25, -0.2) is 0 Å². The van der Waals surface area contributed by atoms with Crippen LogP contribution in [0.4, 0.5) is 22.0 Å². The molecule has 0 amide bonds. The molecule has 0 heterocycles. The summed E-state index contributed by atoms with van der Waals surface area (Å²) < 4.78 is 55.2. The molecule has 0 aromatic carbocycles. The van der Waals surface area contributed by atoms with Crippen molar-refractivity contribution in [3.05, 3.63) is 0 Å². The smallest absolute Gasteiger partial charge is 0.199 e. The van der Waals surface area contributed by atoms with Crippen LogP contribution in [0.2, 0.25) is 0 Å². The van der Waals surface area contributed by atoms with Crippen LogP contribution in [-0.2, 0) is 19.6 Å². The van der Waals surface area contributed by atoms with Gasteiger partial charge < -0.3 is 0 Å². The van der Waals surface area contributed by atoms with Crippen LogP contribution in [0.5, 0.6) is 0 Å². The Hall–Kier alpha value is -0.510. The molecule has 0 N–H and O–H groups in total. The van der Waals surface area contributed by atoms with Gasteiger partial charge in [0.05, 0.1) is 0 Å². The maximum Gasteiger partial charge on any atom is 0.549 e. The van der Waals surface area contributed by atoms with Gasteiger partial charge in [-0.1, -0.05) is 0 Å². The lowest BCUT2D eigenvalue weighted by Gasteiger charge is -2.05. The molecule has 0 aliphatic carbocycles. The third-order valence-electron chi connectivity index (χ3n) is 0.390. The molecule has 74 valence electrons. The Balaban J connectivity index is 3.12. The first-order valence-electron chi connectivity index (χ1n) is 2.35. The number of halogens is 5. The quantitative estimate of drug-likeness (QED) is 0.221. The summed E-state index contributed by atoms with van der Waals surface area (Å²) in [4.78, 5) is 12.3. The van der Waals surface area contributed by atoms with E-state index in [1.807, 2.05) is 0 Å². The van der Waals surface area contributed by atoms with Crippen LogP contribution in [0.3, 0.4) is 0 Å². The van der Waals surface area contributed by atoms with Crippen molar-refractivity contribution in [2.75, 3.05) is 6.79 Å². The standard InChI is InChI=1S/C3H3F5O4/c4-2(5)11-9-1-10-12-3(6,7)8/h2H,1H2. The van der Waals surface area contributed by atoms with Crippen molar-refractivity contribution in [3.63, 3.8) is 0 Å². The van der Waals surface area contributed by atoms with Gasteiger partial charge in [-0.3, -0.25) is 0 Å². The van der Waals surface area contributed by atoms with Crippen LogP contribution < -0.4 is 0 Å². The van der Waals surface area contributed by atoms with Gasteiger partial charge in [-0.2, -0.15) is 23.4 Å². The molecule has 0 rings (SSSR count). The topological polar surface area (TPSA) is 36.9 Å². The third kappa shape index (κ3) is 9.49. The Bertz CT molecular complexity index is 114. The molecule has 0 bridgehead atoms. The van der Waals surface area contributed by atoms with Crippen molar-refractivity contribution in [3.8, 4) is 0 Å². The molecule has 0 saturated carbocycles. The minimum absolute atomic E-state index is 1.22. The van der Waals surface area contributed by atoms with Crippen LogP contribution in [0.15, 0.2) is 0 Å². The molecule has 4 nitrogen and oxygen atoms in total. The normalized spacial score (nSPS) is 12.5. The van der Waals surface area contributed by atoms with E-state index in [2.05, 4.69) is 19.6 Å². The summed E-state index contributed by atoms with van der Waals surface area (Å²) in [6, 6.07) is 0. The zero-order valence-electron chi connectivity index (χ0n) is 5.31. The van der Waals surface area contributed by atoms with Crippen molar-refractivity contribution in [1.29, 1.82) is 0 Å². The molecule has 0 aromatic rings. The van der Waals surface area contributed by atoms with Gasteiger partial charge in [-0.15, -0.1) is 18.1 Å². The molecular formula is C3H3F5O4. The van der Waals surface area contributed by atoms with Crippen molar-refractivity contribution in [2.24, 2.45) is 0 Å². The fraction of sp³-hybridized carbons (Fsp3) is 1.00. The Morgan fingerprint density at radius 3 is 2.08 bits per heavy atom. The molecule has 0 aromatic heterocycles. The van der Waals surface area contributed by atoms with Crippen LogP contribution in [-0.4, -0.2) is 19.8 Å². The molecule has 0 fully saturated rings. The predicted molar refractivity (Wildman–Crippen MR) is 21.3 cm³/mol. The lowest BCUT2D eigenvalue weighted by Crippen LogP contribution is -2.15. The van der Waals surface area contributed by atoms with Gasteiger partial charge in [0.25, 0.3) is 0 Å². The zero-order valence-corrected chi connectivity index (χ0v) is 5.31. The Kier molecular flexibility index (Phi) is 4.97. The first kappa shape index (κ1) is 11.5. The second-order valence-corrected chi connectivity index (χ2v) is 1.24. The van der Waals surface area contributed by atoms with Crippen molar-refractivity contribution in [2.45, 2.75) is 13.0 Å². The molecule has 12 heavy (non-hydrogen) atoms. The van der Waals surface area contributed by atoms with Crippen molar-refractivity contribution >= 4 is 0 Å². The largest absolute Gasteiger partial charge is 0.549 e. The Morgan fingerprint density at radius 2 is 1.67 bits per heavy atom. The van der Waals surface area contributed by atoms with E-state index in [1.54, 1.807) is 0 Å². The highest BCUT2D eigenvalue weighted by atomic mass is 19.4. The van der Waals surface area contributed by atoms with Crippen molar-refractivity contribution < 1.29 is 41.5 Å². The fourth-order valence-corrected chi connectivity index (χ4v) is 0.190. The van der Waals surface area contributed by atoms with Crippen LogP contribution in [0.25, 0.3) is 0 Å². The summed E-state index contributed by atoms with van der Waals surface area (Å²) in [6.07, 6.45) is -5.01. The van der Waals surface area contributed by atoms with Gasteiger partial charge in [-0.05, 0) is 0 Å². The molecule has 0 unspecified atom stereocenters.